The van der Waals surface area contributed by atoms with E-state index in [2.05, 4.69) is 15.9 Å². The lowest BCUT2D eigenvalue weighted by atomic mass is 10.0. The summed E-state index contributed by atoms with van der Waals surface area (Å²) in [6.07, 6.45) is 0. The maximum absolute atomic E-state index is 13.4. The summed E-state index contributed by atoms with van der Waals surface area (Å²) in [5, 5.41) is 0. The van der Waals surface area contributed by atoms with Crippen molar-refractivity contribution in [2.24, 2.45) is 0 Å². The smallest absolute Gasteiger partial charge is 0.129 e. The molecule has 0 fully saturated rings. The van der Waals surface area contributed by atoms with E-state index in [1.807, 2.05) is 19.9 Å². The summed E-state index contributed by atoms with van der Waals surface area (Å²) in [6, 6.07) is 3.63. The third-order valence-electron chi connectivity index (χ3n) is 1.87. The molecule has 0 saturated heterocycles. The van der Waals surface area contributed by atoms with Gasteiger partial charge in [-0.15, -0.1) is 0 Å². The minimum Gasteiger partial charge on any atom is -0.206 e. The predicted molar refractivity (Wildman–Crippen MR) is 52.9 cm³/mol. The van der Waals surface area contributed by atoms with Gasteiger partial charge in [0.05, 0.1) is 0 Å². The highest BCUT2D eigenvalue weighted by Crippen LogP contribution is 2.25. The van der Waals surface area contributed by atoms with Gasteiger partial charge in [0.25, 0.3) is 0 Å². The molecule has 0 unspecified atom stereocenters. The lowest BCUT2D eigenvalue weighted by Gasteiger charge is -2.09. The summed E-state index contributed by atoms with van der Waals surface area (Å²) in [4.78, 5) is 0. The average Bonchev–Trinajstić information content (AvgIpc) is 1.96. The number of halogens is 2. The van der Waals surface area contributed by atoms with Crippen LogP contribution < -0.4 is 0 Å². The Hall–Kier alpha value is -0.370. The molecule has 1 aromatic rings. The van der Waals surface area contributed by atoms with E-state index < -0.39 is 0 Å². The SMILES string of the molecule is Cc1cc(Br)cc(C(C)C)c1F. The van der Waals surface area contributed by atoms with Crippen LogP contribution in [0.4, 0.5) is 4.39 Å². The minimum absolute atomic E-state index is 0.0757. The van der Waals surface area contributed by atoms with Crippen LogP contribution in [0.1, 0.15) is 30.9 Å². The Balaban J connectivity index is 3.28. The molecule has 0 N–H and O–H groups in total. The first-order valence-electron chi connectivity index (χ1n) is 3.98. The summed E-state index contributed by atoms with van der Waals surface area (Å²) >= 11 is 3.35. The van der Waals surface area contributed by atoms with Gasteiger partial charge in [0.15, 0.2) is 0 Å². The van der Waals surface area contributed by atoms with Crippen molar-refractivity contribution in [2.45, 2.75) is 26.7 Å². The van der Waals surface area contributed by atoms with E-state index in [0.29, 0.717) is 5.56 Å². The van der Waals surface area contributed by atoms with E-state index in [-0.39, 0.29) is 11.7 Å². The van der Waals surface area contributed by atoms with Crippen LogP contribution in [-0.2, 0) is 0 Å². The van der Waals surface area contributed by atoms with Gasteiger partial charge in [-0.1, -0.05) is 29.8 Å². The Kier molecular flexibility index (Phi) is 2.89. The van der Waals surface area contributed by atoms with Gasteiger partial charge in [0.2, 0.25) is 0 Å². The van der Waals surface area contributed by atoms with E-state index in [9.17, 15) is 4.39 Å². The Labute approximate surface area is 80.9 Å². The number of rotatable bonds is 1. The van der Waals surface area contributed by atoms with Crippen molar-refractivity contribution in [1.29, 1.82) is 0 Å². The molecule has 0 aromatic heterocycles. The maximum atomic E-state index is 13.4. The molecule has 0 heterocycles. The lowest BCUT2D eigenvalue weighted by Crippen LogP contribution is -1.95. The maximum Gasteiger partial charge on any atom is 0.129 e. The monoisotopic (exact) mass is 230 g/mol. The molecule has 0 aliphatic rings. The molecule has 0 radical (unpaired) electrons. The molecule has 0 aliphatic heterocycles. The fraction of sp³-hybridized carbons (Fsp3) is 0.400. The van der Waals surface area contributed by atoms with E-state index in [4.69, 9.17) is 0 Å². The molecule has 1 aromatic carbocycles. The summed E-state index contributed by atoms with van der Waals surface area (Å²) in [5.41, 5.74) is 1.48. The van der Waals surface area contributed by atoms with Gasteiger partial charge in [-0.05, 0) is 36.1 Å². The molecular weight excluding hydrogens is 219 g/mol. The molecule has 0 bridgehead atoms. The van der Waals surface area contributed by atoms with Crippen molar-refractivity contribution in [3.05, 3.63) is 33.5 Å². The topological polar surface area (TPSA) is 0 Å². The van der Waals surface area contributed by atoms with Crippen molar-refractivity contribution >= 4 is 15.9 Å². The highest BCUT2D eigenvalue weighted by molar-refractivity contribution is 9.10. The molecule has 12 heavy (non-hydrogen) atoms. The number of benzene rings is 1. The molecule has 0 spiro atoms. The molecular formula is C10H12BrF. The molecule has 1 rings (SSSR count). The van der Waals surface area contributed by atoms with Gasteiger partial charge in [-0.25, -0.2) is 4.39 Å². The quantitative estimate of drug-likeness (QED) is 0.684. The third kappa shape index (κ3) is 1.86. The van der Waals surface area contributed by atoms with Gasteiger partial charge in [-0.2, -0.15) is 0 Å². The molecule has 0 nitrogen and oxygen atoms in total. The highest BCUT2D eigenvalue weighted by Gasteiger charge is 2.09. The highest BCUT2D eigenvalue weighted by atomic mass is 79.9. The van der Waals surface area contributed by atoms with Gasteiger partial charge in [0.1, 0.15) is 5.82 Å². The van der Waals surface area contributed by atoms with Crippen molar-refractivity contribution in [2.75, 3.05) is 0 Å². The van der Waals surface area contributed by atoms with Crippen LogP contribution >= 0.6 is 15.9 Å². The second-order valence-corrected chi connectivity index (χ2v) is 4.20. The van der Waals surface area contributed by atoms with Crippen LogP contribution in [0.2, 0.25) is 0 Å². The molecule has 0 amide bonds. The Morgan fingerprint density at radius 2 is 1.92 bits per heavy atom. The summed E-state index contributed by atoms with van der Waals surface area (Å²) in [7, 11) is 0. The number of hydrogen-bond acceptors (Lipinski definition) is 0. The van der Waals surface area contributed by atoms with E-state index in [0.717, 1.165) is 10.0 Å². The first-order chi connectivity index (χ1) is 5.52. The summed E-state index contributed by atoms with van der Waals surface area (Å²) in [6.45, 7) is 5.76. The lowest BCUT2D eigenvalue weighted by molar-refractivity contribution is 0.589. The second-order valence-electron chi connectivity index (χ2n) is 3.28. The fourth-order valence-corrected chi connectivity index (χ4v) is 1.76. The molecule has 0 saturated carbocycles. The summed E-state index contributed by atoms with van der Waals surface area (Å²) < 4.78 is 14.4. The zero-order chi connectivity index (χ0) is 9.30. The van der Waals surface area contributed by atoms with E-state index in [1.54, 1.807) is 13.0 Å². The normalized spacial score (nSPS) is 10.8. The Morgan fingerprint density at radius 3 is 2.42 bits per heavy atom. The predicted octanol–water partition coefficient (Wildman–Crippen LogP) is 4.02. The standard InChI is InChI=1S/C10H12BrF/c1-6(2)9-5-8(11)4-7(3)10(9)12/h4-6H,1-3H3. The Morgan fingerprint density at radius 1 is 1.33 bits per heavy atom. The Bertz CT molecular complexity index is 292. The van der Waals surface area contributed by atoms with Crippen LogP contribution in [0.15, 0.2) is 16.6 Å². The van der Waals surface area contributed by atoms with Crippen LogP contribution in [0.25, 0.3) is 0 Å². The summed E-state index contributed by atoms with van der Waals surface area (Å²) in [5.74, 6) is 0.161. The third-order valence-corrected chi connectivity index (χ3v) is 2.33. The molecule has 0 atom stereocenters. The fourth-order valence-electron chi connectivity index (χ4n) is 1.17. The van der Waals surface area contributed by atoms with Crippen LogP contribution in [0.5, 0.6) is 0 Å². The second kappa shape index (κ2) is 3.56. The van der Waals surface area contributed by atoms with Crippen molar-refractivity contribution in [3.8, 4) is 0 Å². The number of hydrogen-bond donors (Lipinski definition) is 0. The van der Waals surface area contributed by atoms with Crippen LogP contribution in [-0.4, -0.2) is 0 Å². The zero-order valence-corrected chi connectivity index (χ0v) is 9.07. The van der Waals surface area contributed by atoms with Gasteiger partial charge < -0.3 is 0 Å². The number of aryl methyl sites for hydroxylation is 1. The van der Waals surface area contributed by atoms with Gasteiger partial charge in [0, 0.05) is 4.47 Å². The van der Waals surface area contributed by atoms with Crippen molar-refractivity contribution < 1.29 is 4.39 Å². The molecule has 0 aliphatic carbocycles. The van der Waals surface area contributed by atoms with E-state index >= 15 is 0 Å². The van der Waals surface area contributed by atoms with Gasteiger partial charge >= 0.3 is 0 Å². The van der Waals surface area contributed by atoms with Crippen molar-refractivity contribution in [3.63, 3.8) is 0 Å². The molecule has 66 valence electrons. The van der Waals surface area contributed by atoms with Gasteiger partial charge in [-0.3, -0.25) is 0 Å². The van der Waals surface area contributed by atoms with Crippen LogP contribution in [0.3, 0.4) is 0 Å². The van der Waals surface area contributed by atoms with E-state index in [1.165, 1.54) is 0 Å². The first kappa shape index (κ1) is 9.72. The average molecular weight is 231 g/mol. The van der Waals surface area contributed by atoms with Crippen LogP contribution in [0, 0.1) is 12.7 Å². The molecule has 2 heteroatoms. The first-order valence-corrected chi connectivity index (χ1v) is 4.77. The zero-order valence-electron chi connectivity index (χ0n) is 7.49. The van der Waals surface area contributed by atoms with Crippen molar-refractivity contribution in [1.82, 2.24) is 0 Å². The minimum atomic E-state index is -0.0757. The largest absolute Gasteiger partial charge is 0.206 e.